The quantitative estimate of drug-likeness (QED) is 0.643. The van der Waals surface area contributed by atoms with Crippen molar-refractivity contribution in [1.29, 1.82) is 0 Å². The van der Waals surface area contributed by atoms with Crippen molar-refractivity contribution in [2.75, 3.05) is 0 Å². The Balaban J connectivity index is 1.83. The van der Waals surface area contributed by atoms with Crippen LogP contribution in [0.4, 0.5) is 0 Å². The molecule has 0 unspecified atom stereocenters. The fourth-order valence-corrected chi connectivity index (χ4v) is 3.88. The number of benzene rings is 1. The molecule has 3 rings (SSSR count). The number of thioether (sulfide) groups is 1. The van der Waals surface area contributed by atoms with Gasteiger partial charge in [0.1, 0.15) is 0 Å². The van der Waals surface area contributed by atoms with Crippen LogP contribution in [0.25, 0.3) is 17.0 Å². The van der Waals surface area contributed by atoms with Gasteiger partial charge < -0.3 is 4.57 Å². The third-order valence-corrected chi connectivity index (χ3v) is 5.30. The van der Waals surface area contributed by atoms with Gasteiger partial charge in [0.15, 0.2) is 4.32 Å². The Morgan fingerprint density at radius 2 is 2.12 bits per heavy atom. The van der Waals surface area contributed by atoms with Crippen molar-refractivity contribution in [2.45, 2.75) is 26.2 Å². The van der Waals surface area contributed by atoms with E-state index in [9.17, 15) is 9.59 Å². The van der Waals surface area contributed by atoms with E-state index in [1.165, 1.54) is 16.8 Å². The van der Waals surface area contributed by atoms with Gasteiger partial charge in [0.05, 0.1) is 4.91 Å². The third-order valence-electron chi connectivity index (χ3n) is 4.00. The topological polar surface area (TPSA) is 54.3 Å². The molecule has 2 aromatic rings. The molecule has 5 nitrogen and oxygen atoms in total. The summed E-state index contributed by atoms with van der Waals surface area (Å²) in [6.45, 7) is 2.01. The number of carbonyl (C=O) groups excluding carboxylic acids is 2. The van der Waals surface area contributed by atoms with E-state index in [1.807, 2.05) is 55.1 Å². The van der Waals surface area contributed by atoms with E-state index in [0.717, 1.165) is 29.3 Å². The molecule has 130 valence electrons. The van der Waals surface area contributed by atoms with Gasteiger partial charge in [-0.15, -0.1) is 0 Å². The lowest BCUT2D eigenvalue weighted by Crippen LogP contribution is -2.44. The third kappa shape index (κ3) is 3.62. The summed E-state index contributed by atoms with van der Waals surface area (Å²) in [6.07, 6.45) is 5.91. The number of para-hydroxylation sites is 1. The van der Waals surface area contributed by atoms with E-state index in [-0.39, 0.29) is 11.8 Å². The van der Waals surface area contributed by atoms with Crippen molar-refractivity contribution in [2.24, 2.45) is 7.05 Å². The summed E-state index contributed by atoms with van der Waals surface area (Å²) in [4.78, 5) is 25.0. The highest BCUT2D eigenvalue weighted by molar-refractivity contribution is 8.26. The number of hydrogen-bond acceptors (Lipinski definition) is 4. The number of aromatic nitrogens is 1. The Labute approximate surface area is 156 Å². The van der Waals surface area contributed by atoms with Crippen LogP contribution in [0.3, 0.4) is 0 Å². The van der Waals surface area contributed by atoms with Crippen molar-refractivity contribution in [3.8, 4) is 0 Å². The number of unbranched alkanes of at least 4 members (excludes halogenated alkanes) is 1. The van der Waals surface area contributed by atoms with Crippen molar-refractivity contribution in [3.05, 3.63) is 40.9 Å². The van der Waals surface area contributed by atoms with Gasteiger partial charge in [0.2, 0.25) is 5.91 Å². The number of hydrogen-bond donors (Lipinski definition) is 1. The first kappa shape index (κ1) is 17.7. The molecule has 0 aliphatic carbocycles. The largest absolute Gasteiger partial charge is 0.350 e. The van der Waals surface area contributed by atoms with Gasteiger partial charge in [-0.25, -0.2) is 0 Å². The van der Waals surface area contributed by atoms with Gasteiger partial charge in [-0.05, 0) is 30.8 Å². The average molecular weight is 374 g/mol. The van der Waals surface area contributed by atoms with E-state index in [0.29, 0.717) is 15.6 Å². The molecule has 7 heteroatoms. The highest BCUT2D eigenvalue weighted by Crippen LogP contribution is 2.33. The van der Waals surface area contributed by atoms with Gasteiger partial charge >= 0.3 is 0 Å². The molecule has 1 aromatic carbocycles. The Bertz CT molecular complexity index is 886. The summed E-state index contributed by atoms with van der Waals surface area (Å²) < 4.78 is 2.37. The Morgan fingerprint density at radius 3 is 2.88 bits per heavy atom. The van der Waals surface area contributed by atoms with E-state index < -0.39 is 0 Å². The summed E-state index contributed by atoms with van der Waals surface area (Å²) in [5.41, 5.74) is 4.66. The molecule has 0 radical (unpaired) electrons. The minimum atomic E-state index is -0.284. The molecular formula is C18H19N3O2S2. The molecule has 2 heterocycles. The smallest absolute Gasteiger partial charge is 0.285 e. The molecule has 25 heavy (non-hydrogen) atoms. The number of rotatable bonds is 5. The summed E-state index contributed by atoms with van der Waals surface area (Å²) in [5, 5.41) is 2.25. The van der Waals surface area contributed by atoms with Crippen molar-refractivity contribution >= 4 is 57.1 Å². The second-order valence-electron chi connectivity index (χ2n) is 5.87. The van der Waals surface area contributed by atoms with Crippen molar-refractivity contribution in [3.63, 3.8) is 0 Å². The fraction of sp³-hybridized carbons (Fsp3) is 0.278. The minimum Gasteiger partial charge on any atom is -0.350 e. The number of hydrazine groups is 1. The maximum atomic E-state index is 12.6. The highest BCUT2D eigenvalue weighted by Gasteiger charge is 2.33. The lowest BCUT2D eigenvalue weighted by molar-refractivity contribution is -0.133. The molecule has 0 bridgehead atoms. The SMILES string of the molecule is CCCCC(=O)NN1C(=O)/C(=C/c2cn(C)c3ccccc23)SC1=S. The van der Waals surface area contributed by atoms with E-state index in [1.54, 1.807) is 0 Å². The van der Waals surface area contributed by atoms with Gasteiger partial charge in [-0.1, -0.05) is 43.3 Å². The molecule has 1 N–H and O–H groups in total. The van der Waals surface area contributed by atoms with Crippen molar-refractivity contribution < 1.29 is 9.59 Å². The van der Waals surface area contributed by atoms with Crippen LogP contribution in [0.5, 0.6) is 0 Å². The first-order chi connectivity index (χ1) is 12.0. The standard InChI is InChI=1S/C18H19N3O2S2/c1-3-4-9-16(22)19-21-17(23)15(25-18(21)24)10-12-11-20(2)14-8-6-5-7-13(12)14/h5-8,10-11H,3-4,9H2,1-2H3,(H,19,22)/b15-10-. The zero-order chi connectivity index (χ0) is 18.0. The number of amides is 2. The predicted octanol–water partition coefficient (Wildman–Crippen LogP) is 3.60. The summed E-state index contributed by atoms with van der Waals surface area (Å²) in [6, 6.07) is 8.01. The molecule has 1 aliphatic heterocycles. The zero-order valence-corrected chi connectivity index (χ0v) is 15.7. The van der Waals surface area contributed by atoms with Crippen LogP contribution in [-0.4, -0.2) is 25.7 Å². The lowest BCUT2D eigenvalue weighted by atomic mass is 10.1. The first-order valence-corrected chi connectivity index (χ1v) is 9.35. The van der Waals surface area contributed by atoms with Gasteiger partial charge in [0.25, 0.3) is 5.91 Å². The van der Waals surface area contributed by atoms with E-state index in [2.05, 4.69) is 5.43 Å². The molecule has 1 aliphatic rings. The molecule has 1 fully saturated rings. The van der Waals surface area contributed by atoms with Gasteiger partial charge in [-0.2, -0.15) is 5.01 Å². The Kier molecular flexibility index (Phi) is 5.24. The van der Waals surface area contributed by atoms with E-state index in [4.69, 9.17) is 12.2 Å². The number of thiocarbonyl (C=S) groups is 1. The van der Waals surface area contributed by atoms with E-state index >= 15 is 0 Å². The van der Waals surface area contributed by atoms with Crippen LogP contribution >= 0.6 is 24.0 Å². The van der Waals surface area contributed by atoms with Crippen LogP contribution in [0.1, 0.15) is 31.7 Å². The van der Waals surface area contributed by atoms with Crippen LogP contribution < -0.4 is 5.43 Å². The number of carbonyl (C=O) groups is 2. The second-order valence-corrected chi connectivity index (χ2v) is 7.54. The average Bonchev–Trinajstić information content (AvgIpc) is 3.05. The molecule has 0 spiro atoms. The summed E-state index contributed by atoms with van der Waals surface area (Å²) >= 11 is 6.46. The van der Waals surface area contributed by atoms with Crippen LogP contribution in [-0.2, 0) is 16.6 Å². The molecule has 0 saturated carbocycles. The van der Waals surface area contributed by atoms with Gasteiger partial charge in [-0.3, -0.25) is 15.0 Å². The normalized spacial score (nSPS) is 16.2. The van der Waals surface area contributed by atoms with Gasteiger partial charge in [0, 0.05) is 36.1 Å². The van der Waals surface area contributed by atoms with Crippen LogP contribution in [0.2, 0.25) is 0 Å². The number of nitrogens with zero attached hydrogens (tertiary/aromatic N) is 2. The summed E-state index contributed by atoms with van der Waals surface area (Å²) in [5.74, 6) is -0.475. The Morgan fingerprint density at radius 1 is 1.36 bits per heavy atom. The zero-order valence-electron chi connectivity index (χ0n) is 14.1. The fourth-order valence-electron chi connectivity index (χ4n) is 2.71. The number of nitrogens with one attached hydrogen (secondary N) is 1. The molecule has 1 saturated heterocycles. The monoisotopic (exact) mass is 373 g/mol. The van der Waals surface area contributed by atoms with Crippen LogP contribution in [0.15, 0.2) is 35.4 Å². The predicted molar refractivity (Wildman–Crippen MR) is 106 cm³/mol. The second kappa shape index (κ2) is 7.41. The number of aryl methyl sites for hydroxylation is 1. The summed E-state index contributed by atoms with van der Waals surface area (Å²) in [7, 11) is 1.97. The maximum Gasteiger partial charge on any atom is 0.285 e. The first-order valence-electron chi connectivity index (χ1n) is 8.12. The molecule has 1 aromatic heterocycles. The van der Waals surface area contributed by atoms with Crippen molar-refractivity contribution in [1.82, 2.24) is 15.0 Å². The Hall–Kier alpha value is -2.12. The van der Waals surface area contributed by atoms with Crippen LogP contribution in [0, 0.1) is 0 Å². The maximum absolute atomic E-state index is 12.6. The lowest BCUT2D eigenvalue weighted by Gasteiger charge is -2.15. The minimum absolute atomic E-state index is 0.190. The highest BCUT2D eigenvalue weighted by atomic mass is 32.2. The molecular weight excluding hydrogens is 354 g/mol. The number of fused-ring (bicyclic) bond motifs is 1. The molecule has 2 amide bonds. The molecule has 0 atom stereocenters.